The van der Waals surface area contributed by atoms with Gasteiger partial charge in [0, 0.05) is 11.9 Å². The van der Waals surface area contributed by atoms with E-state index in [0.717, 1.165) is 29.7 Å². The monoisotopic (exact) mass is 440 g/mol. The van der Waals surface area contributed by atoms with E-state index in [1.807, 2.05) is 0 Å². The van der Waals surface area contributed by atoms with E-state index >= 15 is 0 Å². The molecule has 0 saturated carbocycles. The van der Waals surface area contributed by atoms with E-state index in [9.17, 15) is 9.59 Å². The molecule has 0 spiro atoms. The predicted molar refractivity (Wildman–Crippen MR) is 113 cm³/mol. The van der Waals surface area contributed by atoms with Crippen molar-refractivity contribution in [3.05, 3.63) is 32.9 Å². The summed E-state index contributed by atoms with van der Waals surface area (Å²) in [5, 5.41) is 10.4. The molecule has 0 fully saturated rings. The number of amides is 1. The average Bonchev–Trinajstić information content (AvgIpc) is 3.13. The van der Waals surface area contributed by atoms with E-state index in [1.165, 1.54) is 22.2 Å². The number of carbonyl (C=O) groups is 2. The second kappa shape index (κ2) is 8.59. The lowest BCUT2D eigenvalue weighted by Gasteiger charge is -2.18. The number of halogens is 1. The smallest absolute Gasteiger partial charge is 0.341 e. The lowest BCUT2D eigenvalue weighted by Crippen LogP contribution is -2.35. The van der Waals surface area contributed by atoms with Gasteiger partial charge in [-0.05, 0) is 49.9 Å². The third kappa shape index (κ3) is 4.21. The molecule has 0 aliphatic heterocycles. The van der Waals surface area contributed by atoms with E-state index in [1.54, 1.807) is 14.0 Å². The number of carbonyl (C=O) groups excluding carboxylic acids is 2. The standard InChI is InChI=1S/C18H21ClN4O3S2/c1-4-26-17(25)13-10-6-5-9(2)7-12(10)28-16(13)22-18(27)21-15(24)14-11(19)8-20-23(14)3/h8-9H,4-7H2,1-3H3,(H2,21,22,24,27). The van der Waals surface area contributed by atoms with Crippen LogP contribution in [0.4, 0.5) is 5.00 Å². The Balaban J connectivity index is 1.82. The molecule has 1 aliphatic rings. The Kier molecular flexibility index (Phi) is 6.36. The molecule has 1 unspecified atom stereocenters. The number of rotatable bonds is 4. The molecule has 7 nitrogen and oxygen atoms in total. The molecule has 0 saturated heterocycles. The van der Waals surface area contributed by atoms with Gasteiger partial charge >= 0.3 is 5.97 Å². The molecule has 0 aromatic carbocycles. The zero-order chi connectivity index (χ0) is 20.4. The number of nitrogens with zero attached hydrogens (tertiary/aromatic N) is 2. The van der Waals surface area contributed by atoms with E-state index in [2.05, 4.69) is 22.7 Å². The van der Waals surface area contributed by atoms with Crippen molar-refractivity contribution in [1.82, 2.24) is 15.1 Å². The fourth-order valence-electron chi connectivity index (χ4n) is 3.22. The van der Waals surface area contributed by atoms with Gasteiger partial charge in [0.25, 0.3) is 5.91 Å². The van der Waals surface area contributed by atoms with Crippen molar-refractivity contribution >= 4 is 57.1 Å². The first-order valence-corrected chi connectivity index (χ1v) is 10.5. The number of aryl methyl sites for hydroxylation is 1. The number of esters is 1. The fourth-order valence-corrected chi connectivity index (χ4v) is 5.14. The highest BCUT2D eigenvalue weighted by molar-refractivity contribution is 7.80. The van der Waals surface area contributed by atoms with Crippen LogP contribution in [0.2, 0.25) is 5.02 Å². The summed E-state index contributed by atoms with van der Waals surface area (Å²) in [5.74, 6) is -0.288. The molecule has 28 heavy (non-hydrogen) atoms. The molecule has 2 aromatic rings. The van der Waals surface area contributed by atoms with Crippen LogP contribution in [0.5, 0.6) is 0 Å². The molecule has 2 heterocycles. The Bertz CT molecular complexity index is 918. The summed E-state index contributed by atoms with van der Waals surface area (Å²) < 4.78 is 6.61. The van der Waals surface area contributed by atoms with E-state index in [0.29, 0.717) is 23.1 Å². The number of ether oxygens (including phenoxy) is 1. The van der Waals surface area contributed by atoms with Crippen LogP contribution in [-0.4, -0.2) is 33.4 Å². The van der Waals surface area contributed by atoms with Crippen LogP contribution in [0, 0.1) is 5.92 Å². The first kappa shape index (κ1) is 20.8. The van der Waals surface area contributed by atoms with Gasteiger partial charge < -0.3 is 10.1 Å². The summed E-state index contributed by atoms with van der Waals surface area (Å²) in [6.45, 7) is 4.26. The number of hydrogen-bond donors (Lipinski definition) is 2. The van der Waals surface area contributed by atoms with E-state index in [4.69, 9.17) is 28.6 Å². The zero-order valence-corrected chi connectivity index (χ0v) is 18.2. The Labute approximate surface area is 177 Å². The van der Waals surface area contributed by atoms with Gasteiger partial charge in [0.2, 0.25) is 0 Å². The normalized spacial score (nSPS) is 15.6. The van der Waals surface area contributed by atoms with Gasteiger partial charge in [0.1, 0.15) is 10.7 Å². The topological polar surface area (TPSA) is 85.2 Å². The van der Waals surface area contributed by atoms with Crippen molar-refractivity contribution in [1.29, 1.82) is 0 Å². The number of fused-ring (bicyclic) bond motifs is 1. The molecular weight excluding hydrogens is 420 g/mol. The highest BCUT2D eigenvalue weighted by Gasteiger charge is 2.29. The minimum Gasteiger partial charge on any atom is -0.462 e. The van der Waals surface area contributed by atoms with Crippen LogP contribution >= 0.6 is 35.2 Å². The molecule has 0 bridgehead atoms. The van der Waals surface area contributed by atoms with Crippen molar-refractivity contribution in [3.8, 4) is 0 Å². The van der Waals surface area contributed by atoms with Crippen LogP contribution in [0.15, 0.2) is 6.20 Å². The van der Waals surface area contributed by atoms with Gasteiger partial charge in [-0.3, -0.25) is 14.8 Å². The third-order valence-corrected chi connectivity index (χ3v) is 6.21. The summed E-state index contributed by atoms with van der Waals surface area (Å²) in [6.07, 6.45) is 4.15. The van der Waals surface area contributed by atoms with Gasteiger partial charge in [0.15, 0.2) is 5.11 Å². The third-order valence-electron chi connectivity index (χ3n) is 4.55. The molecule has 3 rings (SSSR count). The lowest BCUT2D eigenvalue weighted by atomic mass is 9.88. The highest BCUT2D eigenvalue weighted by atomic mass is 35.5. The van der Waals surface area contributed by atoms with Gasteiger partial charge in [-0.2, -0.15) is 5.10 Å². The van der Waals surface area contributed by atoms with Gasteiger partial charge in [-0.1, -0.05) is 18.5 Å². The largest absolute Gasteiger partial charge is 0.462 e. The number of aromatic nitrogens is 2. The number of anilines is 1. The SMILES string of the molecule is CCOC(=O)c1c(NC(=S)NC(=O)c2c(Cl)cnn2C)sc2c1CCC(C)C2. The fraction of sp³-hybridized carbons (Fsp3) is 0.444. The Morgan fingerprint density at radius 3 is 2.89 bits per heavy atom. The highest BCUT2D eigenvalue weighted by Crippen LogP contribution is 2.40. The average molecular weight is 441 g/mol. The maximum Gasteiger partial charge on any atom is 0.341 e. The first-order valence-electron chi connectivity index (χ1n) is 8.93. The summed E-state index contributed by atoms with van der Waals surface area (Å²) in [4.78, 5) is 26.1. The first-order chi connectivity index (χ1) is 13.3. The van der Waals surface area contributed by atoms with Gasteiger partial charge in [-0.15, -0.1) is 11.3 Å². The Morgan fingerprint density at radius 1 is 1.50 bits per heavy atom. The summed E-state index contributed by atoms with van der Waals surface area (Å²) in [7, 11) is 1.62. The molecule has 10 heteroatoms. The van der Waals surface area contributed by atoms with Crippen molar-refractivity contribution < 1.29 is 14.3 Å². The van der Waals surface area contributed by atoms with Crippen molar-refractivity contribution in [2.45, 2.75) is 33.1 Å². The minimum atomic E-state index is -0.477. The van der Waals surface area contributed by atoms with E-state index < -0.39 is 5.91 Å². The number of hydrogen-bond acceptors (Lipinski definition) is 6. The van der Waals surface area contributed by atoms with Crippen molar-refractivity contribution in [3.63, 3.8) is 0 Å². The molecular formula is C18H21ClN4O3S2. The maximum absolute atomic E-state index is 12.5. The molecule has 2 N–H and O–H groups in total. The van der Waals surface area contributed by atoms with Crippen LogP contribution < -0.4 is 10.6 Å². The molecule has 2 aromatic heterocycles. The molecule has 1 amide bonds. The maximum atomic E-state index is 12.5. The number of thiophene rings is 1. The lowest BCUT2D eigenvalue weighted by molar-refractivity contribution is 0.0526. The Morgan fingerprint density at radius 2 is 2.25 bits per heavy atom. The van der Waals surface area contributed by atoms with Crippen molar-refractivity contribution in [2.24, 2.45) is 13.0 Å². The van der Waals surface area contributed by atoms with Crippen molar-refractivity contribution in [2.75, 3.05) is 11.9 Å². The van der Waals surface area contributed by atoms with Crippen LogP contribution in [0.1, 0.15) is 51.6 Å². The second-order valence-corrected chi connectivity index (χ2v) is 8.57. The molecule has 0 radical (unpaired) electrons. The molecule has 150 valence electrons. The Hall–Kier alpha value is -1.97. The van der Waals surface area contributed by atoms with Crippen LogP contribution in [0.25, 0.3) is 0 Å². The van der Waals surface area contributed by atoms with Gasteiger partial charge in [0.05, 0.1) is 23.4 Å². The molecule has 1 aliphatic carbocycles. The number of thiocarbonyl (C=S) groups is 1. The van der Waals surface area contributed by atoms with Crippen LogP contribution in [0.3, 0.4) is 0 Å². The second-order valence-electron chi connectivity index (χ2n) is 6.65. The quantitative estimate of drug-likeness (QED) is 0.558. The minimum absolute atomic E-state index is 0.0828. The number of nitrogens with one attached hydrogen (secondary N) is 2. The summed E-state index contributed by atoms with van der Waals surface area (Å²) in [5.41, 5.74) is 1.74. The van der Waals surface area contributed by atoms with E-state index in [-0.39, 0.29) is 21.8 Å². The molecule has 1 atom stereocenters. The zero-order valence-electron chi connectivity index (χ0n) is 15.8. The van der Waals surface area contributed by atoms with Gasteiger partial charge in [-0.25, -0.2) is 4.79 Å². The summed E-state index contributed by atoms with van der Waals surface area (Å²) >= 11 is 12.8. The van der Waals surface area contributed by atoms with Crippen LogP contribution in [-0.2, 0) is 24.6 Å². The predicted octanol–water partition coefficient (Wildman–Crippen LogP) is 3.56. The summed E-state index contributed by atoms with van der Waals surface area (Å²) in [6, 6.07) is 0.